The van der Waals surface area contributed by atoms with Crippen molar-refractivity contribution in [2.24, 2.45) is 0 Å². The summed E-state index contributed by atoms with van der Waals surface area (Å²) >= 11 is -2.86. The van der Waals surface area contributed by atoms with Gasteiger partial charge in [-0.2, -0.15) is 0 Å². The Balaban J connectivity index is 0.000000711. The Morgan fingerprint density at radius 1 is 0.842 bits per heavy atom. The van der Waals surface area contributed by atoms with Gasteiger partial charge in [-0.1, -0.05) is 0 Å². The molecular formula is C6H4N3O9S-. The molecule has 104 valence electrons. The summed E-state index contributed by atoms with van der Waals surface area (Å²) in [5, 5.41) is 30.9. The lowest BCUT2D eigenvalue weighted by Gasteiger charge is -1.93. The fourth-order valence-corrected chi connectivity index (χ4v) is 0.896. The molecule has 0 saturated heterocycles. The molecule has 0 spiro atoms. The Labute approximate surface area is 106 Å². The number of nitro benzene ring substituents is 3. The van der Waals surface area contributed by atoms with E-state index in [9.17, 15) is 30.3 Å². The summed E-state index contributed by atoms with van der Waals surface area (Å²) in [6.45, 7) is 0. The van der Waals surface area contributed by atoms with Gasteiger partial charge >= 0.3 is 0 Å². The fraction of sp³-hybridized carbons (Fsp3) is 0. The maximum absolute atomic E-state index is 10.3. The summed E-state index contributed by atoms with van der Waals surface area (Å²) in [7, 11) is 0. The zero-order chi connectivity index (χ0) is 15.2. The van der Waals surface area contributed by atoms with E-state index in [2.05, 4.69) is 0 Å². The van der Waals surface area contributed by atoms with Gasteiger partial charge in [-0.15, -0.1) is 0 Å². The topological polar surface area (TPSA) is 190 Å². The standard InChI is InChI=1S/C6H3N3O6.H2O3S/c10-7(11)4-1-5(8(12)13)3-6(2-4)9(14)15;1-4(2)3/h1-3H;(H2,1,2,3)/p-1. The molecule has 1 aromatic carbocycles. The van der Waals surface area contributed by atoms with Crippen molar-refractivity contribution in [2.45, 2.75) is 0 Å². The van der Waals surface area contributed by atoms with Crippen molar-refractivity contribution in [3.8, 4) is 0 Å². The maximum Gasteiger partial charge on any atom is 0.283 e. The fourth-order valence-electron chi connectivity index (χ4n) is 0.896. The Morgan fingerprint density at radius 3 is 1.11 bits per heavy atom. The average molecular weight is 294 g/mol. The first-order valence-corrected chi connectivity index (χ1v) is 5.05. The lowest BCUT2D eigenvalue weighted by Crippen LogP contribution is -1.96. The SMILES string of the molecule is O=S([O-])O.O=[N+]([O-])c1cc([N+](=O)[O-])cc([N+](=O)[O-])c1. The van der Waals surface area contributed by atoms with Crippen LogP contribution in [0.5, 0.6) is 0 Å². The van der Waals surface area contributed by atoms with Gasteiger partial charge in [0.2, 0.25) is 0 Å². The number of nitrogens with zero attached hydrogens (tertiary/aromatic N) is 3. The number of nitro groups is 3. The van der Waals surface area contributed by atoms with E-state index in [0.29, 0.717) is 18.2 Å². The highest BCUT2D eigenvalue weighted by Gasteiger charge is 2.21. The van der Waals surface area contributed by atoms with Crippen LogP contribution < -0.4 is 0 Å². The molecule has 0 aliphatic carbocycles. The summed E-state index contributed by atoms with van der Waals surface area (Å²) < 4.78 is 24.1. The molecule has 0 heterocycles. The third-order valence-corrected chi connectivity index (χ3v) is 1.52. The second-order valence-corrected chi connectivity index (χ2v) is 3.13. The predicted molar refractivity (Wildman–Crippen MR) is 58.0 cm³/mol. The second-order valence-electron chi connectivity index (χ2n) is 2.70. The van der Waals surface area contributed by atoms with Crippen LogP contribution in [0.25, 0.3) is 0 Å². The van der Waals surface area contributed by atoms with E-state index in [4.69, 9.17) is 13.3 Å². The summed E-state index contributed by atoms with van der Waals surface area (Å²) in [6.07, 6.45) is 0. The molecule has 1 atom stereocenters. The smallest absolute Gasteiger partial charge is 0.283 e. The molecule has 0 saturated carbocycles. The van der Waals surface area contributed by atoms with E-state index < -0.39 is 43.2 Å². The first kappa shape index (κ1) is 16.5. The van der Waals surface area contributed by atoms with Gasteiger partial charge < -0.3 is 9.11 Å². The van der Waals surface area contributed by atoms with Crippen molar-refractivity contribution < 1.29 is 28.1 Å². The van der Waals surface area contributed by atoms with Crippen molar-refractivity contribution in [2.75, 3.05) is 0 Å². The molecule has 0 radical (unpaired) electrons. The molecule has 0 amide bonds. The van der Waals surface area contributed by atoms with E-state index in [-0.39, 0.29) is 0 Å². The number of rotatable bonds is 3. The highest BCUT2D eigenvalue weighted by Crippen LogP contribution is 2.26. The first-order chi connectivity index (χ1) is 8.65. The monoisotopic (exact) mass is 294 g/mol. The molecule has 13 heteroatoms. The number of hydrogen-bond donors (Lipinski definition) is 1. The molecule has 1 aromatic rings. The Kier molecular flexibility index (Phi) is 6.11. The summed E-state index contributed by atoms with van der Waals surface area (Å²) in [5.74, 6) is 0. The van der Waals surface area contributed by atoms with Gasteiger partial charge in [0.05, 0.1) is 44.3 Å². The molecule has 0 aromatic heterocycles. The average Bonchev–Trinajstić information content (AvgIpc) is 2.27. The predicted octanol–water partition coefficient (Wildman–Crippen LogP) is 0.750. The Bertz CT molecular complexity index is 462. The third-order valence-electron chi connectivity index (χ3n) is 1.52. The van der Waals surface area contributed by atoms with Gasteiger partial charge in [0.1, 0.15) is 0 Å². The second kappa shape index (κ2) is 7.04. The third kappa shape index (κ3) is 6.10. The molecule has 0 fully saturated rings. The van der Waals surface area contributed by atoms with Crippen molar-refractivity contribution in [3.63, 3.8) is 0 Å². The van der Waals surface area contributed by atoms with Crippen molar-refractivity contribution in [1.82, 2.24) is 0 Å². The zero-order valence-electron chi connectivity index (χ0n) is 8.70. The molecular weight excluding hydrogens is 290 g/mol. The van der Waals surface area contributed by atoms with Crippen LogP contribution in [0.4, 0.5) is 17.1 Å². The van der Waals surface area contributed by atoms with Gasteiger partial charge in [0, 0.05) is 0 Å². The van der Waals surface area contributed by atoms with E-state index in [1.165, 1.54) is 0 Å². The first-order valence-electron chi connectivity index (χ1n) is 4.01. The van der Waals surface area contributed by atoms with Gasteiger partial charge in [0.25, 0.3) is 17.1 Å². The largest absolute Gasteiger partial charge is 0.750 e. The van der Waals surface area contributed by atoms with E-state index in [1.807, 2.05) is 0 Å². The highest BCUT2D eigenvalue weighted by atomic mass is 32.2. The van der Waals surface area contributed by atoms with E-state index in [0.717, 1.165) is 0 Å². The quantitative estimate of drug-likeness (QED) is 0.475. The van der Waals surface area contributed by atoms with Crippen LogP contribution in [0, 0.1) is 30.3 Å². The molecule has 12 nitrogen and oxygen atoms in total. The van der Waals surface area contributed by atoms with Crippen molar-refractivity contribution in [1.29, 1.82) is 0 Å². The highest BCUT2D eigenvalue weighted by molar-refractivity contribution is 7.73. The molecule has 1 unspecified atom stereocenters. The van der Waals surface area contributed by atoms with Crippen LogP contribution in [0.2, 0.25) is 0 Å². The van der Waals surface area contributed by atoms with E-state index >= 15 is 0 Å². The Hall–Kier alpha value is -2.51. The van der Waals surface area contributed by atoms with Gasteiger partial charge in [-0.25, -0.2) is 4.21 Å². The van der Waals surface area contributed by atoms with Crippen LogP contribution >= 0.6 is 0 Å². The molecule has 0 aliphatic rings. The van der Waals surface area contributed by atoms with Gasteiger partial charge in [-0.05, 0) is 0 Å². The van der Waals surface area contributed by atoms with Crippen molar-refractivity contribution in [3.05, 3.63) is 48.5 Å². The van der Waals surface area contributed by atoms with Crippen LogP contribution in [-0.2, 0) is 11.4 Å². The number of hydrogen-bond acceptors (Lipinski definition) is 8. The molecule has 0 aliphatic heterocycles. The summed E-state index contributed by atoms with van der Waals surface area (Å²) in [5.41, 5.74) is -2.05. The lowest BCUT2D eigenvalue weighted by molar-refractivity contribution is -0.403. The number of non-ortho nitro benzene ring substituents is 3. The molecule has 1 rings (SSSR count). The minimum Gasteiger partial charge on any atom is -0.750 e. The Morgan fingerprint density at radius 2 is 1.00 bits per heavy atom. The minimum absolute atomic E-state index is 0.660. The van der Waals surface area contributed by atoms with Crippen LogP contribution in [0.15, 0.2) is 18.2 Å². The van der Waals surface area contributed by atoms with Crippen LogP contribution in [0.3, 0.4) is 0 Å². The van der Waals surface area contributed by atoms with Gasteiger partial charge in [-0.3, -0.25) is 30.3 Å². The molecule has 19 heavy (non-hydrogen) atoms. The van der Waals surface area contributed by atoms with Crippen LogP contribution in [0.1, 0.15) is 0 Å². The summed E-state index contributed by atoms with van der Waals surface area (Å²) in [6, 6.07) is 1.98. The van der Waals surface area contributed by atoms with Crippen LogP contribution in [-0.4, -0.2) is 28.1 Å². The lowest BCUT2D eigenvalue weighted by atomic mass is 10.2. The van der Waals surface area contributed by atoms with E-state index in [1.54, 1.807) is 0 Å². The summed E-state index contributed by atoms with van der Waals surface area (Å²) in [4.78, 5) is 28.1. The number of benzene rings is 1. The minimum atomic E-state index is -2.86. The van der Waals surface area contributed by atoms with Crippen molar-refractivity contribution >= 4 is 28.4 Å². The van der Waals surface area contributed by atoms with Gasteiger partial charge in [0.15, 0.2) is 0 Å². The molecule has 0 bridgehead atoms. The molecule has 1 N–H and O–H groups in total. The maximum atomic E-state index is 10.3. The normalized spacial score (nSPS) is 10.8. The zero-order valence-corrected chi connectivity index (χ0v) is 9.51.